The number of carbonyl (C=O) groups excluding carboxylic acids is 1. The summed E-state index contributed by atoms with van der Waals surface area (Å²) in [6.45, 7) is 0. The maximum atomic E-state index is 12.2. The van der Waals surface area contributed by atoms with E-state index in [0.29, 0.717) is 17.2 Å². The Morgan fingerprint density at radius 3 is 2.89 bits per heavy atom. The summed E-state index contributed by atoms with van der Waals surface area (Å²) in [7, 11) is 0. The molecular weight excluding hydrogens is 308 g/mol. The van der Waals surface area contributed by atoms with Gasteiger partial charge in [0.25, 0.3) is 5.91 Å². The third kappa shape index (κ3) is 2.20. The van der Waals surface area contributed by atoms with Gasteiger partial charge in [0.2, 0.25) is 0 Å². The molecular formula is C13H15BrN4O. The van der Waals surface area contributed by atoms with Crippen LogP contribution in [0.25, 0.3) is 5.65 Å². The van der Waals surface area contributed by atoms with Crippen LogP contribution in [0.5, 0.6) is 0 Å². The van der Waals surface area contributed by atoms with Crippen molar-refractivity contribution in [2.75, 3.05) is 5.73 Å². The Labute approximate surface area is 119 Å². The Morgan fingerprint density at radius 1 is 1.47 bits per heavy atom. The number of hydrogen-bond donors (Lipinski definition) is 2. The molecule has 19 heavy (non-hydrogen) atoms. The molecule has 3 rings (SSSR count). The monoisotopic (exact) mass is 322 g/mol. The molecule has 0 unspecified atom stereocenters. The highest BCUT2D eigenvalue weighted by Gasteiger charge is 2.22. The second-order valence-corrected chi connectivity index (χ2v) is 5.70. The van der Waals surface area contributed by atoms with Gasteiger partial charge in [0.1, 0.15) is 5.82 Å². The first kappa shape index (κ1) is 12.5. The lowest BCUT2D eigenvalue weighted by Gasteiger charge is -2.10. The molecule has 6 heteroatoms. The molecule has 100 valence electrons. The van der Waals surface area contributed by atoms with Gasteiger partial charge in [-0.3, -0.25) is 9.20 Å². The Balaban J connectivity index is 1.93. The lowest BCUT2D eigenvalue weighted by atomic mass is 10.2. The molecule has 0 bridgehead atoms. The number of carbonyl (C=O) groups is 1. The summed E-state index contributed by atoms with van der Waals surface area (Å²) in [5.74, 6) is 0.201. The number of imidazole rings is 1. The first-order valence-corrected chi connectivity index (χ1v) is 7.19. The van der Waals surface area contributed by atoms with E-state index in [4.69, 9.17) is 5.73 Å². The molecule has 2 aromatic rings. The smallest absolute Gasteiger partial charge is 0.273 e. The van der Waals surface area contributed by atoms with Crippen molar-refractivity contribution in [3.05, 3.63) is 28.5 Å². The molecule has 0 aliphatic heterocycles. The average molecular weight is 323 g/mol. The lowest BCUT2D eigenvalue weighted by Crippen LogP contribution is -2.33. The summed E-state index contributed by atoms with van der Waals surface area (Å²) in [4.78, 5) is 16.6. The maximum absolute atomic E-state index is 12.2. The highest BCUT2D eigenvalue weighted by Crippen LogP contribution is 2.23. The minimum Gasteiger partial charge on any atom is -0.383 e. The number of nitrogens with two attached hydrogens (primary N) is 1. The number of nitrogens with one attached hydrogen (secondary N) is 1. The van der Waals surface area contributed by atoms with E-state index in [9.17, 15) is 4.79 Å². The SMILES string of the molecule is Nc1c(C(=O)NC2CCCC2)nc2c(Br)cccn12. The number of aromatic nitrogens is 2. The van der Waals surface area contributed by atoms with Crippen molar-refractivity contribution in [2.24, 2.45) is 0 Å². The Hall–Kier alpha value is -1.56. The number of amides is 1. The molecule has 3 N–H and O–H groups in total. The minimum absolute atomic E-state index is 0.181. The standard InChI is InChI=1S/C13H15BrN4O/c14-9-6-3-7-18-11(15)10(17-12(9)18)13(19)16-8-4-1-2-5-8/h3,6-8H,1-2,4-5,15H2,(H,16,19). The fourth-order valence-corrected chi connectivity index (χ4v) is 2.98. The van der Waals surface area contributed by atoms with Crippen LogP contribution >= 0.6 is 15.9 Å². The van der Waals surface area contributed by atoms with Crippen molar-refractivity contribution in [1.29, 1.82) is 0 Å². The van der Waals surface area contributed by atoms with E-state index >= 15 is 0 Å². The zero-order valence-electron chi connectivity index (χ0n) is 10.4. The average Bonchev–Trinajstić information content (AvgIpc) is 2.99. The number of pyridine rings is 1. The fraction of sp³-hybridized carbons (Fsp3) is 0.385. The third-order valence-corrected chi connectivity index (χ3v) is 4.16. The van der Waals surface area contributed by atoms with Gasteiger partial charge in [0.05, 0.1) is 4.47 Å². The summed E-state index contributed by atoms with van der Waals surface area (Å²) in [5, 5.41) is 3.01. The highest BCUT2D eigenvalue weighted by atomic mass is 79.9. The van der Waals surface area contributed by atoms with Crippen molar-refractivity contribution in [2.45, 2.75) is 31.7 Å². The zero-order valence-corrected chi connectivity index (χ0v) is 12.0. The highest BCUT2D eigenvalue weighted by molar-refractivity contribution is 9.10. The van der Waals surface area contributed by atoms with Gasteiger partial charge in [-0.05, 0) is 40.9 Å². The quantitative estimate of drug-likeness (QED) is 0.891. The molecule has 1 aliphatic rings. The van der Waals surface area contributed by atoms with Crippen molar-refractivity contribution >= 4 is 33.3 Å². The van der Waals surface area contributed by atoms with E-state index in [0.717, 1.165) is 17.3 Å². The number of hydrogen-bond acceptors (Lipinski definition) is 3. The maximum Gasteiger partial charge on any atom is 0.273 e. The lowest BCUT2D eigenvalue weighted by molar-refractivity contribution is 0.0934. The number of nitrogens with zero attached hydrogens (tertiary/aromatic N) is 2. The fourth-order valence-electron chi connectivity index (χ4n) is 2.54. The van der Waals surface area contributed by atoms with Gasteiger partial charge in [0, 0.05) is 12.2 Å². The van der Waals surface area contributed by atoms with Crippen molar-refractivity contribution < 1.29 is 4.79 Å². The number of halogens is 1. The Morgan fingerprint density at radius 2 is 2.21 bits per heavy atom. The van der Waals surface area contributed by atoms with Gasteiger partial charge in [0.15, 0.2) is 11.3 Å². The van der Waals surface area contributed by atoms with Gasteiger partial charge in [-0.2, -0.15) is 0 Å². The first-order valence-electron chi connectivity index (χ1n) is 6.39. The summed E-state index contributed by atoms with van der Waals surface area (Å²) in [6, 6.07) is 3.99. The predicted molar refractivity (Wildman–Crippen MR) is 77.0 cm³/mol. The number of anilines is 1. The molecule has 0 atom stereocenters. The number of rotatable bonds is 2. The first-order chi connectivity index (χ1) is 9.16. The number of nitrogen functional groups attached to an aromatic ring is 1. The summed E-state index contributed by atoms with van der Waals surface area (Å²) < 4.78 is 2.54. The summed E-state index contributed by atoms with van der Waals surface area (Å²) in [6.07, 6.45) is 6.24. The molecule has 1 fully saturated rings. The summed E-state index contributed by atoms with van der Waals surface area (Å²) in [5.41, 5.74) is 6.97. The normalized spacial score (nSPS) is 16.1. The second-order valence-electron chi connectivity index (χ2n) is 4.85. The van der Waals surface area contributed by atoms with Crippen LogP contribution in [-0.4, -0.2) is 21.3 Å². The third-order valence-electron chi connectivity index (χ3n) is 3.54. The van der Waals surface area contributed by atoms with Crippen molar-refractivity contribution in [1.82, 2.24) is 14.7 Å². The van der Waals surface area contributed by atoms with E-state index in [1.807, 2.05) is 12.1 Å². The minimum atomic E-state index is -0.181. The molecule has 0 radical (unpaired) electrons. The molecule has 0 aromatic carbocycles. The molecule has 1 saturated carbocycles. The predicted octanol–water partition coefficient (Wildman–Crippen LogP) is 2.35. The van der Waals surface area contributed by atoms with Crippen molar-refractivity contribution in [3.8, 4) is 0 Å². The summed E-state index contributed by atoms with van der Waals surface area (Å²) >= 11 is 3.41. The largest absolute Gasteiger partial charge is 0.383 e. The van der Waals surface area contributed by atoms with Crippen LogP contribution in [0.3, 0.4) is 0 Å². The van der Waals surface area contributed by atoms with Crippen LogP contribution in [0.15, 0.2) is 22.8 Å². The van der Waals surface area contributed by atoms with Crippen LogP contribution in [-0.2, 0) is 0 Å². The molecule has 1 amide bonds. The van der Waals surface area contributed by atoms with Gasteiger partial charge < -0.3 is 11.1 Å². The van der Waals surface area contributed by atoms with Gasteiger partial charge in [-0.25, -0.2) is 4.98 Å². The van der Waals surface area contributed by atoms with E-state index in [-0.39, 0.29) is 11.9 Å². The Kier molecular flexibility index (Phi) is 3.18. The Bertz CT molecular complexity index is 631. The van der Waals surface area contributed by atoms with Crippen LogP contribution in [0.4, 0.5) is 5.82 Å². The topological polar surface area (TPSA) is 72.4 Å². The number of fused-ring (bicyclic) bond motifs is 1. The molecule has 5 nitrogen and oxygen atoms in total. The molecule has 0 saturated heterocycles. The van der Waals surface area contributed by atoms with Crippen LogP contribution < -0.4 is 11.1 Å². The zero-order chi connectivity index (χ0) is 13.4. The van der Waals surface area contributed by atoms with Crippen molar-refractivity contribution in [3.63, 3.8) is 0 Å². The van der Waals surface area contributed by atoms with Crippen LogP contribution in [0.2, 0.25) is 0 Å². The molecule has 1 aliphatic carbocycles. The molecule has 0 spiro atoms. The van der Waals surface area contributed by atoms with E-state index in [2.05, 4.69) is 26.2 Å². The van der Waals surface area contributed by atoms with E-state index < -0.39 is 0 Å². The van der Waals surface area contributed by atoms with E-state index in [1.165, 1.54) is 12.8 Å². The molecule has 2 aromatic heterocycles. The molecule has 2 heterocycles. The second kappa shape index (κ2) is 4.85. The van der Waals surface area contributed by atoms with Crippen LogP contribution in [0, 0.1) is 0 Å². The van der Waals surface area contributed by atoms with E-state index in [1.54, 1.807) is 10.6 Å². The van der Waals surface area contributed by atoms with Gasteiger partial charge in [-0.15, -0.1) is 0 Å². The van der Waals surface area contributed by atoms with Gasteiger partial charge >= 0.3 is 0 Å². The van der Waals surface area contributed by atoms with Crippen LogP contribution in [0.1, 0.15) is 36.2 Å². The van der Waals surface area contributed by atoms with Gasteiger partial charge in [-0.1, -0.05) is 12.8 Å².